The Morgan fingerprint density at radius 1 is 0.927 bits per heavy atom. The molecule has 0 aliphatic carbocycles. The van der Waals surface area contributed by atoms with Crippen molar-refractivity contribution in [2.45, 2.75) is 6.54 Å². The van der Waals surface area contributed by atoms with E-state index in [1.54, 1.807) is 37.3 Å². The Labute approximate surface area is 236 Å². The average molecular weight is 560 g/mol. The van der Waals surface area contributed by atoms with E-state index < -0.39 is 11.7 Å². The molecule has 0 bridgehead atoms. The van der Waals surface area contributed by atoms with Gasteiger partial charge in [0.05, 0.1) is 38.3 Å². The van der Waals surface area contributed by atoms with E-state index in [0.29, 0.717) is 55.0 Å². The molecule has 0 N–H and O–H groups in total. The normalized spacial score (nSPS) is 13.1. The molecule has 4 aromatic rings. The number of benzene rings is 2. The van der Waals surface area contributed by atoms with Crippen LogP contribution in [-0.2, 0) is 11.3 Å². The van der Waals surface area contributed by atoms with Crippen LogP contribution >= 0.6 is 0 Å². The molecule has 2 aromatic carbocycles. The van der Waals surface area contributed by atoms with Crippen LogP contribution in [0.2, 0.25) is 0 Å². The fourth-order valence-corrected chi connectivity index (χ4v) is 4.69. The molecule has 11 heteroatoms. The number of hydrogen-bond donors (Lipinski definition) is 0. The number of methoxy groups -OCH3 is 2. The minimum atomic E-state index is -0.638. The van der Waals surface area contributed by atoms with Crippen LogP contribution in [0.4, 0.5) is 10.2 Å². The summed E-state index contributed by atoms with van der Waals surface area (Å²) < 4.78 is 30.4. The van der Waals surface area contributed by atoms with Crippen LogP contribution in [0.5, 0.6) is 11.5 Å². The lowest BCUT2D eigenvalue weighted by Crippen LogP contribution is -2.52. The van der Waals surface area contributed by atoms with E-state index in [1.165, 1.54) is 29.4 Å². The number of amides is 2. The summed E-state index contributed by atoms with van der Waals surface area (Å²) in [6.45, 7) is 1.84. The third-order valence-corrected chi connectivity index (χ3v) is 6.93. The standard InChI is InChI=1S/C30H30FN5O5/c1-39-26-11-9-21(18-27(26)40-2)25-10-12-28(33-32-25)34-13-15-35(16-14-34)29(37)20-36(19-22-6-5-17-41-22)30(38)23-7-3-4-8-24(23)31/h3-12,17-18H,13-16,19-20H2,1-2H3. The van der Waals surface area contributed by atoms with Crippen molar-refractivity contribution in [3.63, 3.8) is 0 Å². The molecule has 5 rings (SSSR count). The van der Waals surface area contributed by atoms with Crippen LogP contribution in [-0.4, -0.2) is 78.8 Å². The van der Waals surface area contributed by atoms with Crippen LogP contribution in [0.3, 0.4) is 0 Å². The minimum Gasteiger partial charge on any atom is -0.493 e. The molecule has 0 saturated carbocycles. The van der Waals surface area contributed by atoms with Crippen LogP contribution in [0.25, 0.3) is 11.3 Å². The molecule has 0 atom stereocenters. The second-order valence-corrected chi connectivity index (χ2v) is 9.43. The van der Waals surface area contributed by atoms with E-state index in [2.05, 4.69) is 15.1 Å². The Morgan fingerprint density at radius 3 is 2.37 bits per heavy atom. The van der Waals surface area contributed by atoms with E-state index in [1.807, 2.05) is 30.3 Å². The van der Waals surface area contributed by atoms with Crippen molar-refractivity contribution in [1.29, 1.82) is 0 Å². The second-order valence-electron chi connectivity index (χ2n) is 9.43. The van der Waals surface area contributed by atoms with Crippen molar-refractivity contribution in [2.24, 2.45) is 0 Å². The number of ether oxygens (including phenoxy) is 2. The second kappa shape index (κ2) is 12.5. The van der Waals surface area contributed by atoms with Crippen LogP contribution in [0.15, 0.2) is 77.4 Å². The number of piperazine rings is 1. The van der Waals surface area contributed by atoms with Gasteiger partial charge in [0.25, 0.3) is 5.91 Å². The van der Waals surface area contributed by atoms with Gasteiger partial charge in [-0.2, -0.15) is 0 Å². The van der Waals surface area contributed by atoms with Crippen molar-refractivity contribution in [2.75, 3.05) is 51.8 Å². The number of halogens is 1. The quantitative estimate of drug-likeness (QED) is 0.305. The predicted octanol–water partition coefficient (Wildman–Crippen LogP) is 3.88. The molecule has 2 aromatic heterocycles. The van der Waals surface area contributed by atoms with Gasteiger partial charge < -0.3 is 28.6 Å². The Morgan fingerprint density at radius 2 is 1.71 bits per heavy atom. The van der Waals surface area contributed by atoms with E-state index >= 15 is 0 Å². The largest absolute Gasteiger partial charge is 0.493 e. The van der Waals surface area contributed by atoms with E-state index in [-0.39, 0.29) is 24.6 Å². The summed E-state index contributed by atoms with van der Waals surface area (Å²) in [6, 6.07) is 18.5. The van der Waals surface area contributed by atoms with Gasteiger partial charge in [0, 0.05) is 31.7 Å². The number of carbonyl (C=O) groups excluding carboxylic acids is 2. The molecule has 41 heavy (non-hydrogen) atoms. The first-order valence-electron chi connectivity index (χ1n) is 13.1. The highest BCUT2D eigenvalue weighted by atomic mass is 19.1. The van der Waals surface area contributed by atoms with E-state index in [4.69, 9.17) is 13.9 Å². The molecular formula is C30H30FN5O5. The van der Waals surface area contributed by atoms with E-state index in [9.17, 15) is 14.0 Å². The lowest BCUT2D eigenvalue weighted by atomic mass is 10.1. The maximum Gasteiger partial charge on any atom is 0.257 e. The molecule has 1 aliphatic heterocycles. The SMILES string of the molecule is COc1ccc(-c2ccc(N3CCN(C(=O)CN(Cc4ccco4)C(=O)c4ccccc4F)CC3)nn2)cc1OC. The van der Waals surface area contributed by atoms with Gasteiger partial charge in [-0.25, -0.2) is 4.39 Å². The maximum atomic E-state index is 14.4. The maximum absolute atomic E-state index is 14.4. The number of rotatable bonds is 9. The van der Waals surface area contributed by atoms with Crippen LogP contribution < -0.4 is 14.4 Å². The molecule has 1 fully saturated rings. The first-order chi connectivity index (χ1) is 20.0. The highest BCUT2D eigenvalue weighted by Crippen LogP contribution is 2.31. The summed E-state index contributed by atoms with van der Waals surface area (Å²) >= 11 is 0. The summed E-state index contributed by atoms with van der Waals surface area (Å²) in [5, 5.41) is 8.79. The van der Waals surface area contributed by atoms with E-state index in [0.717, 1.165) is 5.56 Å². The molecule has 1 saturated heterocycles. The Bertz CT molecular complexity index is 1490. The fraction of sp³-hybridized carbons (Fsp3) is 0.267. The van der Waals surface area contributed by atoms with Gasteiger partial charge in [0.1, 0.15) is 18.1 Å². The monoisotopic (exact) mass is 559 g/mol. The fourth-order valence-electron chi connectivity index (χ4n) is 4.69. The zero-order valence-electron chi connectivity index (χ0n) is 22.8. The molecule has 0 unspecified atom stereocenters. The minimum absolute atomic E-state index is 0.0495. The molecule has 0 radical (unpaired) electrons. The number of hydrogen-bond acceptors (Lipinski definition) is 8. The van der Waals surface area contributed by atoms with Crippen LogP contribution in [0.1, 0.15) is 16.1 Å². The Balaban J connectivity index is 1.21. The molecule has 2 amide bonds. The average Bonchev–Trinajstić information content (AvgIpc) is 3.53. The van der Waals surface area contributed by atoms with Gasteiger partial charge in [-0.3, -0.25) is 9.59 Å². The summed E-state index contributed by atoms with van der Waals surface area (Å²) in [5.41, 5.74) is 1.45. The zero-order valence-corrected chi connectivity index (χ0v) is 22.8. The molecule has 1 aliphatic rings. The summed E-state index contributed by atoms with van der Waals surface area (Å²) in [5.74, 6) is 1.01. The van der Waals surface area contributed by atoms with Gasteiger partial charge in [-0.15, -0.1) is 10.2 Å². The van der Waals surface area contributed by atoms with Gasteiger partial charge in [0.2, 0.25) is 5.91 Å². The smallest absolute Gasteiger partial charge is 0.257 e. The molecule has 3 heterocycles. The molecule has 212 valence electrons. The summed E-state index contributed by atoms with van der Waals surface area (Å²) in [7, 11) is 3.17. The zero-order chi connectivity index (χ0) is 28.8. The van der Waals surface area contributed by atoms with Crippen molar-refractivity contribution in [1.82, 2.24) is 20.0 Å². The van der Waals surface area contributed by atoms with Crippen molar-refractivity contribution in [3.05, 3.63) is 90.1 Å². The van der Waals surface area contributed by atoms with Gasteiger partial charge in [-0.1, -0.05) is 12.1 Å². The van der Waals surface area contributed by atoms with Gasteiger partial charge in [-0.05, 0) is 54.6 Å². The predicted molar refractivity (Wildman–Crippen MR) is 149 cm³/mol. The van der Waals surface area contributed by atoms with Gasteiger partial charge in [0.15, 0.2) is 17.3 Å². The lowest BCUT2D eigenvalue weighted by molar-refractivity contribution is -0.132. The third-order valence-electron chi connectivity index (χ3n) is 6.93. The molecule has 10 nitrogen and oxygen atoms in total. The third kappa shape index (κ3) is 6.29. The number of nitrogens with zero attached hydrogens (tertiary/aromatic N) is 5. The van der Waals surface area contributed by atoms with Crippen molar-refractivity contribution < 1.29 is 27.9 Å². The molecular weight excluding hydrogens is 529 g/mol. The number of furan rings is 1. The Kier molecular flexibility index (Phi) is 8.42. The first-order valence-corrected chi connectivity index (χ1v) is 13.1. The Hall–Kier alpha value is -4.93. The van der Waals surface area contributed by atoms with Crippen molar-refractivity contribution >= 4 is 17.6 Å². The highest BCUT2D eigenvalue weighted by Gasteiger charge is 2.27. The van der Waals surface area contributed by atoms with Crippen molar-refractivity contribution in [3.8, 4) is 22.8 Å². The molecule has 0 spiro atoms. The number of aromatic nitrogens is 2. The number of anilines is 1. The number of carbonyl (C=O) groups is 2. The summed E-state index contributed by atoms with van der Waals surface area (Å²) in [6.07, 6.45) is 1.49. The first kappa shape index (κ1) is 27.6. The topological polar surface area (TPSA) is 101 Å². The summed E-state index contributed by atoms with van der Waals surface area (Å²) in [4.78, 5) is 31.5. The highest BCUT2D eigenvalue weighted by molar-refractivity contribution is 5.96. The lowest BCUT2D eigenvalue weighted by Gasteiger charge is -2.36. The van der Waals surface area contributed by atoms with Gasteiger partial charge >= 0.3 is 0 Å². The van der Waals surface area contributed by atoms with Crippen LogP contribution in [0, 0.1) is 5.82 Å².